The van der Waals surface area contributed by atoms with Gasteiger partial charge in [0.05, 0.1) is 13.4 Å². The van der Waals surface area contributed by atoms with Gasteiger partial charge in [-0.1, -0.05) is 20.8 Å². The lowest BCUT2D eigenvalue weighted by molar-refractivity contribution is -0.127. The van der Waals surface area contributed by atoms with E-state index >= 15 is 0 Å². The molecule has 0 N–H and O–H groups in total. The van der Waals surface area contributed by atoms with Crippen LogP contribution in [0.2, 0.25) is 0 Å². The highest BCUT2D eigenvalue weighted by atomic mass is 16.5. The third kappa shape index (κ3) is 2.58. The Bertz CT molecular complexity index is 223. The molecule has 1 saturated carbocycles. The van der Waals surface area contributed by atoms with Crippen molar-refractivity contribution in [3.63, 3.8) is 0 Å². The molecular formula is C11H18O2. The number of Topliss-reactive ketones (excluding diaryl/α,β-unsaturated/α-hetero) is 1. The van der Waals surface area contributed by atoms with E-state index in [4.69, 9.17) is 4.74 Å². The predicted molar refractivity (Wildman–Crippen MR) is 52.2 cm³/mol. The van der Waals surface area contributed by atoms with Crippen LogP contribution in [0.5, 0.6) is 0 Å². The number of allylic oxidation sites excluding steroid dienone is 1. The molecule has 2 heteroatoms. The average Bonchev–Trinajstić information content (AvgIpc) is 2.76. The molecule has 0 spiro atoms. The normalized spacial score (nSPS) is 27.7. The van der Waals surface area contributed by atoms with Gasteiger partial charge in [-0.2, -0.15) is 0 Å². The van der Waals surface area contributed by atoms with Crippen molar-refractivity contribution >= 4 is 5.78 Å². The van der Waals surface area contributed by atoms with Gasteiger partial charge in [-0.25, -0.2) is 0 Å². The lowest BCUT2D eigenvalue weighted by atomic mass is 9.87. The summed E-state index contributed by atoms with van der Waals surface area (Å²) in [6.07, 6.45) is 4.64. The first-order valence-electron chi connectivity index (χ1n) is 4.70. The molecule has 0 heterocycles. The number of ketones is 1. The zero-order valence-electron chi connectivity index (χ0n) is 8.83. The van der Waals surface area contributed by atoms with Gasteiger partial charge in [-0.05, 0) is 18.4 Å². The van der Waals surface area contributed by atoms with Crippen molar-refractivity contribution in [2.24, 2.45) is 17.3 Å². The number of ether oxygens (including phenoxy) is 1. The first kappa shape index (κ1) is 10.3. The van der Waals surface area contributed by atoms with Gasteiger partial charge in [0.25, 0.3) is 0 Å². The van der Waals surface area contributed by atoms with Crippen LogP contribution in [0.25, 0.3) is 0 Å². The maximum absolute atomic E-state index is 11.7. The first-order chi connectivity index (χ1) is 5.96. The maximum Gasteiger partial charge on any atom is 0.141 e. The zero-order chi connectivity index (χ0) is 10.1. The van der Waals surface area contributed by atoms with Crippen LogP contribution < -0.4 is 0 Å². The van der Waals surface area contributed by atoms with Gasteiger partial charge in [0.1, 0.15) is 5.78 Å². The number of carbonyl (C=O) groups is 1. The molecule has 0 amide bonds. The minimum Gasteiger partial charge on any atom is -0.505 e. The second-order valence-corrected chi connectivity index (χ2v) is 4.68. The average molecular weight is 182 g/mol. The Hall–Kier alpha value is -0.790. The fraction of sp³-hybridized carbons (Fsp3) is 0.727. The minimum atomic E-state index is -0.194. The summed E-state index contributed by atoms with van der Waals surface area (Å²) < 4.78 is 4.81. The van der Waals surface area contributed by atoms with E-state index in [2.05, 4.69) is 0 Å². The summed E-state index contributed by atoms with van der Waals surface area (Å²) in [6.45, 7) is 5.93. The lowest BCUT2D eigenvalue weighted by Gasteiger charge is -2.15. The van der Waals surface area contributed by atoms with E-state index in [1.807, 2.05) is 26.8 Å². The summed E-state index contributed by atoms with van der Waals surface area (Å²) in [5.41, 5.74) is -0.194. The molecule has 1 fully saturated rings. The molecule has 1 aliphatic rings. The number of carbonyl (C=O) groups excluding carboxylic acids is 1. The van der Waals surface area contributed by atoms with E-state index in [1.54, 1.807) is 13.4 Å². The molecule has 0 aromatic rings. The van der Waals surface area contributed by atoms with Crippen LogP contribution in [-0.4, -0.2) is 12.9 Å². The van der Waals surface area contributed by atoms with Gasteiger partial charge in [0.2, 0.25) is 0 Å². The fourth-order valence-corrected chi connectivity index (χ4v) is 1.46. The van der Waals surface area contributed by atoms with Gasteiger partial charge >= 0.3 is 0 Å². The highest BCUT2D eigenvalue weighted by Crippen LogP contribution is 2.44. The van der Waals surface area contributed by atoms with Crippen LogP contribution in [0.15, 0.2) is 12.3 Å². The van der Waals surface area contributed by atoms with Crippen molar-refractivity contribution in [1.29, 1.82) is 0 Å². The molecule has 0 aromatic carbocycles. The Morgan fingerprint density at radius 2 is 2.08 bits per heavy atom. The van der Waals surface area contributed by atoms with Gasteiger partial charge in [-0.15, -0.1) is 0 Å². The van der Waals surface area contributed by atoms with Crippen molar-refractivity contribution < 1.29 is 9.53 Å². The van der Waals surface area contributed by atoms with Crippen molar-refractivity contribution in [3.8, 4) is 0 Å². The summed E-state index contributed by atoms with van der Waals surface area (Å²) in [5, 5.41) is 0. The summed E-state index contributed by atoms with van der Waals surface area (Å²) in [5.74, 6) is 1.04. The smallest absolute Gasteiger partial charge is 0.141 e. The van der Waals surface area contributed by atoms with Gasteiger partial charge < -0.3 is 4.74 Å². The minimum absolute atomic E-state index is 0.194. The van der Waals surface area contributed by atoms with Crippen molar-refractivity contribution in [1.82, 2.24) is 0 Å². The molecule has 0 aromatic heterocycles. The first-order valence-corrected chi connectivity index (χ1v) is 4.70. The third-order valence-electron chi connectivity index (χ3n) is 2.38. The second-order valence-electron chi connectivity index (χ2n) is 4.68. The SMILES string of the molecule is CO/C=C/C1CC1C(=O)C(C)(C)C. The zero-order valence-corrected chi connectivity index (χ0v) is 8.83. The van der Waals surface area contributed by atoms with Gasteiger partial charge in [0, 0.05) is 11.3 Å². The lowest BCUT2D eigenvalue weighted by Crippen LogP contribution is -2.22. The van der Waals surface area contributed by atoms with Gasteiger partial charge in [0.15, 0.2) is 0 Å². The van der Waals surface area contributed by atoms with Crippen molar-refractivity contribution in [3.05, 3.63) is 12.3 Å². The Balaban J connectivity index is 2.43. The quantitative estimate of drug-likeness (QED) is 0.626. The van der Waals surface area contributed by atoms with E-state index in [0.717, 1.165) is 6.42 Å². The molecular weight excluding hydrogens is 164 g/mol. The van der Waals surface area contributed by atoms with Gasteiger partial charge in [-0.3, -0.25) is 4.79 Å². The highest BCUT2D eigenvalue weighted by molar-refractivity contribution is 5.88. The summed E-state index contributed by atoms with van der Waals surface area (Å²) in [6, 6.07) is 0. The van der Waals surface area contributed by atoms with E-state index in [9.17, 15) is 4.79 Å². The monoisotopic (exact) mass is 182 g/mol. The third-order valence-corrected chi connectivity index (χ3v) is 2.38. The Labute approximate surface area is 80.0 Å². The maximum atomic E-state index is 11.7. The molecule has 1 rings (SSSR count). The number of hydrogen-bond acceptors (Lipinski definition) is 2. The number of methoxy groups -OCH3 is 1. The molecule has 0 bridgehead atoms. The number of hydrogen-bond donors (Lipinski definition) is 0. The topological polar surface area (TPSA) is 26.3 Å². The molecule has 2 nitrogen and oxygen atoms in total. The van der Waals surface area contributed by atoms with Crippen LogP contribution in [-0.2, 0) is 9.53 Å². The van der Waals surface area contributed by atoms with E-state index in [-0.39, 0.29) is 11.3 Å². The second kappa shape index (κ2) is 3.52. The molecule has 13 heavy (non-hydrogen) atoms. The van der Waals surface area contributed by atoms with Crippen LogP contribution >= 0.6 is 0 Å². The van der Waals surface area contributed by atoms with Crippen molar-refractivity contribution in [2.75, 3.05) is 7.11 Å². The molecule has 0 radical (unpaired) electrons. The van der Waals surface area contributed by atoms with Crippen LogP contribution in [0.4, 0.5) is 0 Å². The predicted octanol–water partition coefficient (Wildman–Crippen LogP) is 2.40. The fourth-order valence-electron chi connectivity index (χ4n) is 1.46. The van der Waals surface area contributed by atoms with E-state index < -0.39 is 0 Å². The molecule has 0 saturated heterocycles. The van der Waals surface area contributed by atoms with Crippen LogP contribution in [0.3, 0.4) is 0 Å². The van der Waals surface area contributed by atoms with Crippen LogP contribution in [0, 0.1) is 17.3 Å². The largest absolute Gasteiger partial charge is 0.505 e. The Morgan fingerprint density at radius 1 is 1.46 bits per heavy atom. The number of rotatable bonds is 3. The molecule has 0 aliphatic heterocycles. The molecule has 2 unspecified atom stereocenters. The Kier molecular flexibility index (Phi) is 2.79. The molecule has 1 aliphatic carbocycles. The summed E-state index contributed by atoms with van der Waals surface area (Å²) >= 11 is 0. The van der Waals surface area contributed by atoms with Crippen molar-refractivity contribution in [2.45, 2.75) is 27.2 Å². The summed E-state index contributed by atoms with van der Waals surface area (Å²) in [7, 11) is 1.62. The van der Waals surface area contributed by atoms with E-state index in [1.165, 1.54) is 0 Å². The molecule has 2 atom stereocenters. The highest BCUT2D eigenvalue weighted by Gasteiger charge is 2.44. The Morgan fingerprint density at radius 3 is 2.54 bits per heavy atom. The standard InChI is InChI=1S/C11H18O2/c1-11(2,3)10(12)9-7-8(9)5-6-13-4/h5-6,8-9H,7H2,1-4H3/b6-5+. The summed E-state index contributed by atoms with van der Waals surface area (Å²) in [4.78, 5) is 11.7. The molecule has 74 valence electrons. The van der Waals surface area contributed by atoms with Crippen LogP contribution in [0.1, 0.15) is 27.2 Å². The van der Waals surface area contributed by atoms with E-state index in [0.29, 0.717) is 11.7 Å².